The molecule has 2 heterocycles. The van der Waals surface area contributed by atoms with Crippen LogP contribution in [0.15, 0.2) is 192 Å². The first-order chi connectivity index (χ1) is 28.3. The molecular weight excluding hydrogens is 711 g/mol. The second kappa shape index (κ2) is 12.6. The molecular formula is C53H33N3S. The molecule has 9 aromatic rings. The van der Waals surface area contributed by atoms with Crippen LogP contribution in [0.4, 0.5) is 0 Å². The molecule has 266 valence electrons. The molecule has 12 rings (SSSR count). The third kappa shape index (κ3) is 4.78. The van der Waals surface area contributed by atoms with Crippen molar-refractivity contribution < 1.29 is 0 Å². The fourth-order valence-electron chi connectivity index (χ4n) is 9.63. The lowest BCUT2D eigenvalue weighted by Gasteiger charge is -2.40. The molecule has 0 bridgehead atoms. The predicted molar refractivity (Wildman–Crippen MR) is 233 cm³/mol. The maximum atomic E-state index is 5.33. The molecule has 2 aliphatic carbocycles. The van der Waals surface area contributed by atoms with Crippen molar-refractivity contribution in [1.82, 2.24) is 15.0 Å². The van der Waals surface area contributed by atoms with E-state index in [0.29, 0.717) is 17.5 Å². The highest BCUT2D eigenvalue weighted by molar-refractivity contribution is 7.99. The highest BCUT2D eigenvalue weighted by Gasteiger charge is 2.50. The van der Waals surface area contributed by atoms with Crippen molar-refractivity contribution in [2.75, 3.05) is 0 Å². The van der Waals surface area contributed by atoms with Gasteiger partial charge in [-0.3, -0.25) is 0 Å². The smallest absolute Gasteiger partial charge is 0.164 e. The lowest BCUT2D eigenvalue weighted by Crippen LogP contribution is -2.32. The topological polar surface area (TPSA) is 38.7 Å². The second-order valence-electron chi connectivity index (χ2n) is 15.0. The Morgan fingerprint density at radius 1 is 0.439 bits per heavy atom. The first kappa shape index (κ1) is 32.4. The Hall–Kier alpha value is -6.88. The summed E-state index contributed by atoms with van der Waals surface area (Å²) in [4.78, 5) is 18.3. The Morgan fingerprint density at radius 3 is 1.82 bits per heavy atom. The van der Waals surface area contributed by atoms with Crippen molar-refractivity contribution in [1.29, 1.82) is 0 Å². The van der Waals surface area contributed by atoms with Crippen molar-refractivity contribution in [3.63, 3.8) is 0 Å². The fourth-order valence-corrected chi connectivity index (χ4v) is 10.9. The van der Waals surface area contributed by atoms with Gasteiger partial charge in [-0.15, -0.1) is 0 Å². The van der Waals surface area contributed by atoms with Crippen LogP contribution < -0.4 is 0 Å². The molecule has 0 saturated heterocycles. The molecule has 0 amide bonds. The van der Waals surface area contributed by atoms with Crippen LogP contribution in [0.5, 0.6) is 0 Å². The summed E-state index contributed by atoms with van der Waals surface area (Å²) in [6.07, 6.45) is 5.42. The monoisotopic (exact) mass is 743 g/mol. The predicted octanol–water partition coefficient (Wildman–Crippen LogP) is 13.1. The maximum Gasteiger partial charge on any atom is 0.164 e. The fraction of sp³-hybridized carbons (Fsp3) is 0.0377. The number of nitrogens with zero attached hydrogens (tertiary/aromatic N) is 3. The van der Waals surface area contributed by atoms with Gasteiger partial charge in [0.25, 0.3) is 0 Å². The third-order valence-electron chi connectivity index (χ3n) is 12.0. The molecule has 1 aromatic heterocycles. The number of benzene rings is 8. The van der Waals surface area contributed by atoms with E-state index in [4.69, 9.17) is 15.0 Å². The minimum Gasteiger partial charge on any atom is -0.208 e. The summed E-state index contributed by atoms with van der Waals surface area (Å²) in [7, 11) is 0. The van der Waals surface area contributed by atoms with E-state index < -0.39 is 5.41 Å². The lowest BCUT2D eigenvalue weighted by molar-refractivity contribution is 0.723. The van der Waals surface area contributed by atoms with Crippen molar-refractivity contribution in [2.45, 2.75) is 21.6 Å². The average molecular weight is 744 g/mol. The van der Waals surface area contributed by atoms with Crippen LogP contribution >= 0.6 is 11.8 Å². The minimum absolute atomic E-state index is 0.458. The maximum absolute atomic E-state index is 5.33. The lowest BCUT2D eigenvalue weighted by atomic mass is 9.67. The largest absolute Gasteiger partial charge is 0.208 e. The van der Waals surface area contributed by atoms with Gasteiger partial charge in [-0.2, -0.15) is 0 Å². The highest BCUT2D eigenvalue weighted by atomic mass is 32.2. The molecule has 4 heteroatoms. The minimum atomic E-state index is -0.458. The number of rotatable bonds is 4. The quantitative estimate of drug-likeness (QED) is 0.180. The molecule has 3 aliphatic rings. The Balaban J connectivity index is 1.10. The number of fused-ring (bicyclic) bond motifs is 9. The van der Waals surface area contributed by atoms with E-state index >= 15 is 0 Å². The Bertz CT molecular complexity index is 3100. The van der Waals surface area contributed by atoms with E-state index in [-0.39, 0.29) is 0 Å². The van der Waals surface area contributed by atoms with Crippen LogP contribution in [-0.4, -0.2) is 15.0 Å². The van der Waals surface area contributed by atoms with Crippen molar-refractivity contribution >= 4 is 28.6 Å². The van der Waals surface area contributed by atoms with Crippen molar-refractivity contribution in [3.8, 4) is 56.4 Å². The zero-order valence-corrected chi connectivity index (χ0v) is 31.7. The van der Waals surface area contributed by atoms with Crippen molar-refractivity contribution in [3.05, 3.63) is 215 Å². The highest BCUT2D eigenvalue weighted by Crippen LogP contribution is 2.63. The van der Waals surface area contributed by atoms with E-state index in [1.165, 1.54) is 70.6 Å². The molecule has 1 spiro atoms. The van der Waals surface area contributed by atoms with E-state index in [2.05, 4.69) is 170 Å². The first-order valence-electron chi connectivity index (χ1n) is 19.5. The van der Waals surface area contributed by atoms with E-state index in [1.54, 1.807) is 0 Å². The normalized spacial score (nSPS) is 13.9. The molecule has 0 radical (unpaired) electrons. The molecule has 0 atom stereocenters. The summed E-state index contributed by atoms with van der Waals surface area (Å²) in [5.41, 5.74) is 15.1. The first-order valence-corrected chi connectivity index (χ1v) is 20.3. The van der Waals surface area contributed by atoms with Crippen LogP contribution in [0.25, 0.3) is 73.3 Å². The summed E-state index contributed by atoms with van der Waals surface area (Å²) in [6, 6.07) is 63.7. The zero-order valence-electron chi connectivity index (χ0n) is 30.9. The van der Waals surface area contributed by atoms with E-state index in [0.717, 1.165) is 28.7 Å². The van der Waals surface area contributed by atoms with Gasteiger partial charge in [0.1, 0.15) is 0 Å². The van der Waals surface area contributed by atoms with Gasteiger partial charge in [-0.1, -0.05) is 182 Å². The SMILES string of the molecule is C1=Cc2cc(-c3nc(-c4ccccc4)nc(-c4ccccc4-c4cccc5c4Sc4ccccc4C54c5ccccc5-c5ccccc54)n3)cc3cccc(c23)C1. The average Bonchev–Trinajstić information content (AvgIpc) is 3.57. The zero-order chi connectivity index (χ0) is 37.5. The molecule has 57 heavy (non-hydrogen) atoms. The van der Waals surface area contributed by atoms with E-state index in [1.807, 2.05) is 30.0 Å². The van der Waals surface area contributed by atoms with Gasteiger partial charge in [0.05, 0.1) is 5.41 Å². The molecule has 0 saturated carbocycles. The summed E-state index contributed by atoms with van der Waals surface area (Å²) >= 11 is 1.87. The van der Waals surface area contributed by atoms with Gasteiger partial charge in [-0.25, -0.2) is 15.0 Å². The van der Waals surface area contributed by atoms with Crippen LogP contribution in [0.1, 0.15) is 33.4 Å². The molecule has 0 N–H and O–H groups in total. The third-order valence-corrected chi connectivity index (χ3v) is 13.2. The number of allylic oxidation sites excluding steroid dienone is 1. The summed E-state index contributed by atoms with van der Waals surface area (Å²) in [6.45, 7) is 0. The standard InChI is InChI=1S/C53H33N3S/c1-2-15-34(16-3-1)50-54-51(37-31-35-19-12-17-33-18-13-20-36(32-37)48(33)35)56-52(55-50)42-24-5-4-21-38(42)41-25-14-29-46-49(41)57-47-30-11-10-28-45(47)53(46)43-26-8-6-22-39(43)40-23-7-9-27-44(40)53/h1-17,19-32H,18H2. The second-order valence-corrected chi connectivity index (χ2v) is 16.1. The van der Waals surface area contributed by atoms with Gasteiger partial charge in [-0.05, 0) is 91.0 Å². The van der Waals surface area contributed by atoms with Crippen LogP contribution in [0, 0.1) is 0 Å². The molecule has 0 fully saturated rings. The number of hydrogen-bond donors (Lipinski definition) is 0. The van der Waals surface area contributed by atoms with Gasteiger partial charge < -0.3 is 0 Å². The summed E-state index contributed by atoms with van der Waals surface area (Å²) in [5, 5.41) is 2.51. The Kier molecular flexibility index (Phi) is 7.14. The number of hydrogen-bond acceptors (Lipinski definition) is 4. The molecule has 3 nitrogen and oxygen atoms in total. The Labute approximate surface area is 335 Å². The van der Waals surface area contributed by atoms with Gasteiger partial charge >= 0.3 is 0 Å². The van der Waals surface area contributed by atoms with E-state index in [9.17, 15) is 0 Å². The van der Waals surface area contributed by atoms with Crippen LogP contribution in [-0.2, 0) is 11.8 Å². The number of aromatic nitrogens is 3. The van der Waals surface area contributed by atoms with Gasteiger partial charge in [0.2, 0.25) is 0 Å². The molecule has 1 aliphatic heterocycles. The molecule has 0 unspecified atom stereocenters. The van der Waals surface area contributed by atoms with Gasteiger partial charge in [0.15, 0.2) is 17.5 Å². The van der Waals surface area contributed by atoms with Crippen molar-refractivity contribution in [2.24, 2.45) is 0 Å². The molecule has 8 aromatic carbocycles. The van der Waals surface area contributed by atoms with Crippen LogP contribution in [0.2, 0.25) is 0 Å². The van der Waals surface area contributed by atoms with Gasteiger partial charge in [0, 0.05) is 26.5 Å². The van der Waals surface area contributed by atoms with Crippen LogP contribution in [0.3, 0.4) is 0 Å². The summed E-state index contributed by atoms with van der Waals surface area (Å²) in [5.74, 6) is 1.96. The summed E-state index contributed by atoms with van der Waals surface area (Å²) < 4.78 is 0. The Morgan fingerprint density at radius 2 is 1.04 bits per heavy atom.